The molecule has 0 aromatic heterocycles. The maximum atomic E-state index is 9.40. The van der Waals surface area contributed by atoms with E-state index >= 15 is 0 Å². The molecule has 0 aliphatic carbocycles. The van der Waals surface area contributed by atoms with Crippen LogP contribution in [0.1, 0.15) is 38.5 Å². The van der Waals surface area contributed by atoms with Gasteiger partial charge in [0.25, 0.3) is 0 Å². The molecule has 15 saturated heterocycles. The Morgan fingerprint density at radius 2 is 0.243 bits per heavy atom. The number of hydrogen-bond donors (Lipinski definition) is 2. The Labute approximate surface area is 489 Å². The van der Waals surface area contributed by atoms with Crippen molar-refractivity contribution in [3.63, 3.8) is 0 Å². The molecular weight excluding hydrogens is 1100 g/mol. The van der Waals surface area contributed by atoms with Gasteiger partial charge in [0.05, 0.1) is 65.4 Å². The van der Waals surface area contributed by atoms with E-state index in [0.29, 0.717) is 13.2 Å². The molecule has 12 nitrogen and oxygen atoms in total. The maximum absolute atomic E-state index is 9.40. The van der Waals surface area contributed by atoms with Crippen LogP contribution in [0, 0.1) is 0 Å². The van der Waals surface area contributed by atoms with Gasteiger partial charge in [0.15, 0.2) is 0 Å². The van der Waals surface area contributed by atoms with Crippen molar-refractivity contribution in [2.24, 2.45) is 0 Å². The average molecular weight is 1200 g/mol. The molecule has 10 bridgehead atoms. The Kier molecular flexibility index (Phi) is 30.1. The maximum Gasteiger partial charge on any atom is 0.129 e. The zero-order valence-corrected chi connectivity index (χ0v) is 50.6. The quantitative estimate of drug-likeness (QED) is 0.106. The second-order valence-corrected chi connectivity index (χ2v) is 24.9. The number of rotatable bonds is 22. The number of aliphatic hydroxyl groups excluding tert-OH is 2. The summed E-state index contributed by atoms with van der Waals surface area (Å²) in [6.45, 7) is 58.0. The lowest BCUT2D eigenvalue weighted by Crippen LogP contribution is -3.00. The first-order chi connectivity index (χ1) is 29.1. The summed E-state index contributed by atoms with van der Waals surface area (Å²) in [5.74, 6) is 0. The number of hydrogen-bond acceptors (Lipinski definition) is 2. The molecule has 0 aromatic rings. The Hall–Kier alpha value is 2.42. The van der Waals surface area contributed by atoms with Gasteiger partial charge in [0.2, 0.25) is 0 Å². The van der Waals surface area contributed by atoms with E-state index in [2.05, 4.69) is 0 Å². The first-order valence-corrected chi connectivity index (χ1v) is 26.8. The van der Waals surface area contributed by atoms with E-state index in [1.807, 2.05) is 0 Å². The van der Waals surface area contributed by atoms with E-state index in [-0.39, 0.29) is 124 Å². The highest BCUT2D eigenvalue weighted by molar-refractivity contribution is 4.70. The summed E-state index contributed by atoms with van der Waals surface area (Å²) in [6.07, 6.45) is 7.85. The van der Waals surface area contributed by atoms with Crippen LogP contribution in [0.3, 0.4) is 0 Å². The molecule has 0 saturated carbocycles. The molecule has 15 aliphatic rings. The van der Waals surface area contributed by atoms with Crippen LogP contribution in [0.4, 0.5) is 0 Å². The number of quaternary nitrogens is 10. The predicted octanol–water partition coefficient (Wildman–Crippen LogP) is -30.3. The largest absolute Gasteiger partial charge is 1.00 e. The van der Waals surface area contributed by atoms with Crippen LogP contribution in [0.2, 0.25) is 0 Å². The van der Waals surface area contributed by atoms with Crippen molar-refractivity contribution in [3.8, 4) is 0 Å². The van der Waals surface area contributed by atoms with Gasteiger partial charge in [-0.2, -0.15) is 0 Å². The van der Waals surface area contributed by atoms with Crippen LogP contribution in [0.5, 0.6) is 0 Å². The summed E-state index contributed by atoms with van der Waals surface area (Å²) in [5, 5.41) is 18.8. The molecular formula is C48H98Cl10N10O2. The average Bonchev–Trinajstić information content (AvgIpc) is 3.31. The fourth-order valence-electron chi connectivity index (χ4n) is 16.9. The van der Waals surface area contributed by atoms with Gasteiger partial charge >= 0.3 is 0 Å². The van der Waals surface area contributed by atoms with Crippen molar-refractivity contribution in [1.82, 2.24) is 0 Å². The zero-order valence-electron chi connectivity index (χ0n) is 43.1. The predicted molar refractivity (Wildman–Crippen MR) is 239 cm³/mol. The van der Waals surface area contributed by atoms with Crippen molar-refractivity contribution in [3.05, 3.63) is 0 Å². The van der Waals surface area contributed by atoms with Crippen LogP contribution in [0.15, 0.2) is 0 Å². The minimum atomic E-state index is 0. The van der Waals surface area contributed by atoms with Crippen molar-refractivity contribution < 1.29 is 179 Å². The highest BCUT2D eigenvalue weighted by Gasteiger charge is 2.55. The van der Waals surface area contributed by atoms with Gasteiger partial charge in [-0.3, -0.25) is 0 Å². The molecule has 0 spiro atoms. The first kappa shape index (κ1) is 72.4. The number of aliphatic hydroxyl groups is 2. The molecule has 0 radical (unpaired) electrons. The van der Waals surface area contributed by atoms with Crippen LogP contribution in [-0.2, 0) is 0 Å². The second-order valence-electron chi connectivity index (χ2n) is 24.9. The number of halogens is 10. The molecule has 15 heterocycles. The normalized spacial score (nSPS) is 40.9. The first-order valence-electron chi connectivity index (χ1n) is 26.8. The third-order valence-electron chi connectivity index (χ3n) is 22.4. The summed E-state index contributed by atoms with van der Waals surface area (Å²) in [6, 6.07) is 0. The highest BCUT2D eigenvalue weighted by Crippen LogP contribution is 2.34. The molecule has 70 heavy (non-hydrogen) atoms. The van der Waals surface area contributed by atoms with E-state index in [0.717, 1.165) is 12.8 Å². The van der Waals surface area contributed by atoms with Crippen LogP contribution in [-0.4, -0.2) is 330 Å². The topological polar surface area (TPSA) is 40.5 Å². The fourth-order valence-corrected chi connectivity index (χ4v) is 16.9. The summed E-state index contributed by atoms with van der Waals surface area (Å²) < 4.78 is 14.3. The van der Waals surface area contributed by atoms with Crippen molar-refractivity contribution in [2.45, 2.75) is 38.5 Å². The molecule has 22 heteroatoms. The van der Waals surface area contributed by atoms with Gasteiger partial charge in [-0.15, -0.1) is 0 Å². The van der Waals surface area contributed by atoms with E-state index in [1.54, 1.807) is 0 Å². The summed E-state index contributed by atoms with van der Waals surface area (Å²) in [5.41, 5.74) is 0. The SMILES string of the molecule is OCCC[N+]12CC[N+](CCC[N+]34CC[N+](CCC[N+]56CC[N+](CCC[N+]78CC[N+](CCC[N+]9%10CC[N+](CCCO)(CC9)CC%10)(CC7)CC8)(CC5)CC6)(CC3)CC4)(CC1)CC2.[Cl-].[Cl-].[Cl-].[Cl-].[Cl-].[Cl-].[Cl-].[Cl-].[Cl-].[Cl-]. The van der Waals surface area contributed by atoms with Crippen molar-refractivity contribution in [2.75, 3.05) is 275 Å². The minimum Gasteiger partial charge on any atom is -1.00 e. The third-order valence-corrected chi connectivity index (χ3v) is 22.4. The van der Waals surface area contributed by atoms with E-state index < -0.39 is 0 Å². The Balaban J connectivity index is 0.00000476. The number of fused-ring (bicyclic) bond motifs is 15. The molecule has 422 valence electrons. The van der Waals surface area contributed by atoms with Crippen LogP contribution >= 0.6 is 0 Å². The zero-order chi connectivity index (χ0) is 40.9. The van der Waals surface area contributed by atoms with Gasteiger partial charge in [-0.1, -0.05) is 0 Å². The van der Waals surface area contributed by atoms with Crippen molar-refractivity contribution >= 4 is 0 Å². The van der Waals surface area contributed by atoms with Crippen molar-refractivity contribution in [1.29, 1.82) is 0 Å². The Bertz CT molecular complexity index is 1300. The fraction of sp³-hybridized carbons (Fsp3) is 1.00. The van der Waals surface area contributed by atoms with E-state index in [4.69, 9.17) is 0 Å². The molecule has 15 fully saturated rings. The van der Waals surface area contributed by atoms with Gasteiger partial charge in [0.1, 0.15) is 196 Å². The summed E-state index contributed by atoms with van der Waals surface area (Å²) in [7, 11) is 0. The molecule has 2 N–H and O–H groups in total. The van der Waals surface area contributed by atoms with Crippen LogP contribution < -0.4 is 124 Å². The second kappa shape index (κ2) is 29.0. The molecule has 0 amide bonds. The summed E-state index contributed by atoms with van der Waals surface area (Å²) in [4.78, 5) is 0. The molecule has 0 unspecified atom stereocenters. The molecule has 0 aromatic carbocycles. The smallest absolute Gasteiger partial charge is 0.129 e. The van der Waals surface area contributed by atoms with Gasteiger partial charge in [-0.25, -0.2) is 0 Å². The summed E-state index contributed by atoms with van der Waals surface area (Å²) >= 11 is 0. The standard InChI is InChI=1S/C48H98N10O2.10ClH/c59-47-5-15-57-41-35-55(36-42-57,37-43-57)13-3-11-53-29-23-51(24-30-53,25-31-53)9-1-7-49-17-20-50(21-18-49,22-19-49)8-2-10-52-26-32-54(33-27-52,34-28-52)12-4-14-56-38-44-58(45-39-56,46-40-56)16-6-48-60;;;;;;;;;;/h59-60H,1-48H2;10*1H/q+10;;;;;;;;;;/p-10. The lowest BCUT2D eigenvalue weighted by Gasteiger charge is -2.58. The van der Waals surface area contributed by atoms with E-state index in [1.165, 1.54) is 332 Å². The molecule has 15 rings (SSSR count). The van der Waals surface area contributed by atoms with Gasteiger partial charge in [0, 0.05) is 51.7 Å². The van der Waals surface area contributed by atoms with Crippen LogP contribution in [0.25, 0.3) is 0 Å². The van der Waals surface area contributed by atoms with Gasteiger partial charge < -0.3 is 179 Å². The third kappa shape index (κ3) is 15.2. The van der Waals surface area contributed by atoms with E-state index in [9.17, 15) is 10.2 Å². The number of piperazine rings is 15. The monoisotopic (exact) mass is 1200 g/mol. The Morgan fingerprint density at radius 3 is 0.329 bits per heavy atom. The Morgan fingerprint density at radius 1 is 0.157 bits per heavy atom. The minimum absolute atomic E-state index is 0. The van der Waals surface area contributed by atoms with Gasteiger partial charge in [-0.05, 0) is 0 Å². The highest BCUT2D eigenvalue weighted by atomic mass is 35.5. The molecule has 0 atom stereocenters. The lowest BCUT2D eigenvalue weighted by molar-refractivity contribution is -1.09. The number of nitrogens with zero attached hydrogens (tertiary/aromatic N) is 10. The lowest BCUT2D eigenvalue weighted by atomic mass is 10.0. The molecule has 15 aliphatic heterocycles.